The van der Waals surface area contributed by atoms with Gasteiger partial charge in [-0.3, -0.25) is 13.8 Å². The van der Waals surface area contributed by atoms with Crippen molar-refractivity contribution < 1.29 is 56.6 Å². The molecular weight excluding hydrogens is 938 g/mol. The number of phosphoric acid groups is 1. The lowest BCUT2D eigenvalue weighted by Crippen LogP contribution is -2.45. The Morgan fingerprint density at radius 1 is 0.792 bits per heavy atom. The first-order valence-electron chi connectivity index (χ1n) is 27.7. The van der Waals surface area contributed by atoms with Crippen LogP contribution in [-0.4, -0.2) is 74.4 Å². The van der Waals surface area contributed by atoms with Crippen LogP contribution in [0.3, 0.4) is 0 Å². The van der Waals surface area contributed by atoms with Gasteiger partial charge in [-0.05, 0) is 118 Å². The fourth-order valence-electron chi connectivity index (χ4n) is 11.5. The summed E-state index contributed by atoms with van der Waals surface area (Å²) in [4.78, 5) is 37.0. The molecule has 2 fully saturated rings. The Hall–Kier alpha value is -3.88. The van der Waals surface area contributed by atoms with Crippen LogP contribution in [-0.2, 0) is 39.0 Å². The van der Waals surface area contributed by atoms with Crippen molar-refractivity contribution in [1.82, 2.24) is 5.32 Å². The highest BCUT2D eigenvalue weighted by atomic mass is 31.2. The fraction of sp³-hybridized carbons (Fsp3) is 0.732. The second-order valence-corrected chi connectivity index (χ2v) is 22.5. The largest absolute Gasteiger partial charge is 0.530 e. The van der Waals surface area contributed by atoms with E-state index in [1.165, 1.54) is 100 Å². The third-order valence-corrected chi connectivity index (χ3v) is 17.0. The molecule has 5 rings (SSSR count). The third-order valence-electron chi connectivity index (χ3n) is 15.4. The average Bonchev–Trinajstić information content (AvgIpc) is 3.67. The number of benzene rings is 2. The Labute approximate surface area is 430 Å². The molecule has 7 unspecified atom stereocenters. The number of anilines is 1. The van der Waals surface area contributed by atoms with Gasteiger partial charge in [0.15, 0.2) is 5.75 Å². The van der Waals surface area contributed by atoms with Gasteiger partial charge >= 0.3 is 19.9 Å². The first-order valence-corrected chi connectivity index (χ1v) is 29.1. The number of ether oxygens (including phenoxy) is 4. The number of fused-ring (bicyclic) bond motifs is 5. The van der Waals surface area contributed by atoms with Gasteiger partial charge in [0, 0.05) is 12.0 Å². The molecule has 2 amide bonds. The molecule has 0 aromatic heterocycles. The number of carbonyl (C=O) groups is 3. The normalized spacial score (nSPS) is 21.9. The minimum absolute atomic E-state index is 0.0794. The number of hydrogen-bond donors (Lipinski definition) is 4. The number of carbonyl (C=O) groups excluding carboxylic acids is 3. The van der Waals surface area contributed by atoms with Gasteiger partial charge < -0.3 is 45.4 Å². The van der Waals surface area contributed by atoms with Crippen molar-refractivity contribution in [2.75, 3.05) is 38.7 Å². The van der Waals surface area contributed by atoms with E-state index in [1.807, 2.05) is 19.9 Å². The summed E-state index contributed by atoms with van der Waals surface area (Å²) in [6, 6.07) is 8.76. The molecule has 2 aromatic rings. The Bertz CT molecular complexity index is 2010. The van der Waals surface area contributed by atoms with Crippen LogP contribution in [0.15, 0.2) is 30.3 Å². The highest BCUT2D eigenvalue weighted by molar-refractivity contribution is 7.49. The monoisotopic (exact) mass is 1030 g/mol. The summed E-state index contributed by atoms with van der Waals surface area (Å²) in [7, 11) is -3.93. The quantitative estimate of drug-likeness (QED) is 0.0166. The summed E-state index contributed by atoms with van der Waals surface area (Å²) in [6.45, 7) is 11.1. The van der Waals surface area contributed by atoms with Gasteiger partial charge in [-0.15, -0.1) is 0 Å². The van der Waals surface area contributed by atoms with Crippen molar-refractivity contribution in [2.24, 2.45) is 23.0 Å². The molecule has 0 saturated heterocycles. The van der Waals surface area contributed by atoms with Crippen LogP contribution in [0.25, 0.3) is 0 Å². The predicted molar refractivity (Wildman–Crippen MR) is 281 cm³/mol. The maximum Gasteiger partial charge on any atom is 0.530 e. The Morgan fingerprint density at radius 3 is 2.03 bits per heavy atom. The smallest absolute Gasteiger partial charge is 0.505 e. The van der Waals surface area contributed by atoms with Crippen LogP contribution < -0.4 is 26.0 Å². The summed E-state index contributed by atoms with van der Waals surface area (Å²) >= 11 is 0. The molecule has 15 nitrogen and oxygen atoms in total. The number of primary amides is 1. The molecule has 0 heterocycles. The second kappa shape index (κ2) is 30.5. The Balaban J connectivity index is 1.06. The highest BCUT2D eigenvalue weighted by Gasteiger charge is 2.56. The number of aromatic hydroxyl groups is 1. The SMILES string of the molecule is CCCCCCCCCCC(C)OP(=O)(Oc1ccc2c(c1)CCC1C2CCC2(C)C(OC(=O)COCCOCCNC(=O)Oc3ccc(N)c(O)c3C(N)=O)CCC12)OC(C)CCCCCCCCCC. The summed E-state index contributed by atoms with van der Waals surface area (Å²) in [5.74, 6) is -0.355. The number of aryl methyl sites for hydroxylation is 1. The molecule has 0 aliphatic heterocycles. The van der Waals surface area contributed by atoms with Crippen LogP contribution in [0.5, 0.6) is 17.2 Å². The molecule has 16 heteroatoms. The number of hydrogen-bond acceptors (Lipinski definition) is 13. The summed E-state index contributed by atoms with van der Waals surface area (Å²) in [6.07, 6.45) is 25.4. The van der Waals surface area contributed by atoms with Gasteiger partial charge in [0.2, 0.25) is 0 Å². The molecule has 0 radical (unpaired) electrons. The summed E-state index contributed by atoms with van der Waals surface area (Å²) in [5, 5.41) is 12.5. The molecule has 0 spiro atoms. The molecular formula is C56H90N3O12P. The molecule has 3 aliphatic rings. The van der Waals surface area contributed by atoms with E-state index in [4.69, 9.17) is 44.0 Å². The minimum Gasteiger partial charge on any atom is -0.505 e. The lowest BCUT2D eigenvalue weighted by molar-refractivity contribution is -0.163. The molecule has 7 atom stereocenters. The number of nitrogens with two attached hydrogens (primary N) is 2. The van der Waals surface area contributed by atoms with E-state index in [1.54, 1.807) is 0 Å². The number of nitrogens with one attached hydrogen (secondary N) is 1. The molecule has 72 heavy (non-hydrogen) atoms. The van der Waals surface area contributed by atoms with E-state index < -0.39 is 37.1 Å². The van der Waals surface area contributed by atoms with Crippen LogP contribution in [0.1, 0.15) is 210 Å². The maximum atomic E-state index is 14.6. The van der Waals surface area contributed by atoms with E-state index in [9.17, 15) is 24.1 Å². The molecule has 0 bridgehead atoms. The Kier molecular flexibility index (Phi) is 25.0. The highest BCUT2D eigenvalue weighted by Crippen LogP contribution is 2.62. The fourth-order valence-corrected chi connectivity index (χ4v) is 13.1. The number of phenols is 1. The first kappa shape index (κ1) is 59.0. The van der Waals surface area contributed by atoms with Crippen molar-refractivity contribution in [1.29, 1.82) is 0 Å². The van der Waals surface area contributed by atoms with Crippen LogP contribution in [0.2, 0.25) is 0 Å². The van der Waals surface area contributed by atoms with Gasteiger partial charge in [-0.1, -0.05) is 130 Å². The zero-order valence-electron chi connectivity index (χ0n) is 44.4. The van der Waals surface area contributed by atoms with Crippen LogP contribution in [0.4, 0.5) is 10.5 Å². The van der Waals surface area contributed by atoms with E-state index in [2.05, 4.69) is 38.2 Å². The predicted octanol–water partition coefficient (Wildman–Crippen LogP) is 13.0. The zero-order valence-corrected chi connectivity index (χ0v) is 45.3. The summed E-state index contributed by atoms with van der Waals surface area (Å²) < 4.78 is 55.9. The van der Waals surface area contributed by atoms with E-state index in [0.717, 1.165) is 77.0 Å². The van der Waals surface area contributed by atoms with E-state index in [0.29, 0.717) is 23.5 Å². The Morgan fingerprint density at radius 2 is 1.40 bits per heavy atom. The lowest BCUT2D eigenvalue weighted by Gasteiger charge is -2.50. The van der Waals surface area contributed by atoms with Gasteiger partial charge in [-0.2, -0.15) is 0 Å². The minimum atomic E-state index is -3.93. The number of amides is 2. The topological polar surface area (TPSA) is 217 Å². The number of unbranched alkanes of at least 4 members (excludes halogenated alkanes) is 14. The first-order chi connectivity index (χ1) is 34.7. The molecule has 6 N–H and O–H groups in total. The lowest BCUT2D eigenvalue weighted by atomic mass is 9.55. The molecule has 3 aliphatic carbocycles. The van der Waals surface area contributed by atoms with Gasteiger partial charge in [0.25, 0.3) is 5.91 Å². The molecule has 2 aromatic carbocycles. The van der Waals surface area contributed by atoms with Gasteiger partial charge in [-0.25, -0.2) is 14.2 Å². The van der Waals surface area contributed by atoms with Crippen LogP contribution in [0, 0.1) is 17.3 Å². The zero-order chi connectivity index (χ0) is 51.9. The number of esters is 1. The van der Waals surface area contributed by atoms with E-state index in [-0.39, 0.29) is 68.1 Å². The van der Waals surface area contributed by atoms with Crippen molar-refractivity contribution in [2.45, 2.75) is 213 Å². The van der Waals surface area contributed by atoms with Gasteiger partial charge in [0.1, 0.15) is 29.8 Å². The number of rotatable bonds is 35. The van der Waals surface area contributed by atoms with Crippen molar-refractivity contribution in [3.63, 3.8) is 0 Å². The van der Waals surface area contributed by atoms with E-state index >= 15 is 0 Å². The second-order valence-electron chi connectivity index (χ2n) is 21.0. The average molecular weight is 1030 g/mol. The third kappa shape index (κ3) is 18.2. The maximum absolute atomic E-state index is 14.6. The van der Waals surface area contributed by atoms with Crippen molar-refractivity contribution >= 4 is 31.5 Å². The van der Waals surface area contributed by atoms with Crippen LogP contribution >= 0.6 is 7.82 Å². The number of phosphoric ester groups is 1. The van der Waals surface area contributed by atoms with Crippen molar-refractivity contribution in [3.8, 4) is 17.2 Å². The summed E-state index contributed by atoms with van der Waals surface area (Å²) in [5.41, 5.74) is 12.9. The van der Waals surface area contributed by atoms with Crippen molar-refractivity contribution in [3.05, 3.63) is 47.0 Å². The van der Waals surface area contributed by atoms with Gasteiger partial charge in [0.05, 0.1) is 37.7 Å². The molecule has 406 valence electrons. The standard InChI is InChI=1S/C56H90N3O12P/c1-6-8-10-12-14-16-18-20-22-40(3)69-72(64,70-41(4)23-21-19-17-15-13-11-9-7-2)71-43-25-27-44-42(38-43)24-26-46-45(44)32-33-56(5)47(46)28-31-50(56)68-51(60)39-66-37-36-65-35-34-59-55(63)67-49-30-29-48(57)53(61)52(49)54(58)62/h25,27,29-30,38,40-41,45-47,50,61H,6-24,26,28,31-37,39,57H2,1-5H3,(H2,58,62)(H,59,63). The number of nitrogen functional groups attached to an aromatic ring is 1. The molecule has 2 saturated carbocycles.